The first-order chi connectivity index (χ1) is 21.3. The molecule has 0 radical (unpaired) electrons. The highest BCUT2D eigenvalue weighted by Gasteiger charge is 2.47. The van der Waals surface area contributed by atoms with Crippen molar-refractivity contribution in [1.82, 2.24) is 30.8 Å². The zero-order valence-electron chi connectivity index (χ0n) is 24.4. The number of aromatic amines is 1. The molecule has 11 nitrogen and oxygen atoms in total. The molecule has 4 N–H and O–H groups in total. The smallest absolute Gasteiger partial charge is 0.252 e. The summed E-state index contributed by atoms with van der Waals surface area (Å²) in [4.78, 5) is 62.0. The molecule has 3 aromatic rings. The van der Waals surface area contributed by atoms with E-state index < -0.39 is 17.4 Å². The number of imidazole rings is 1. The third-order valence-corrected chi connectivity index (χ3v) is 8.43. The number of fused-ring (bicyclic) bond motifs is 2. The molecular weight excluding hydrogens is 584 g/mol. The summed E-state index contributed by atoms with van der Waals surface area (Å²) in [5, 5.41) is 9.19. The van der Waals surface area contributed by atoms with E-state index in [1.54, 1.807) is 47.5 Å². The minimum absolute atomic E-state index is 0.0773. The molecule has 1 atom stereocenters. The minimum Gasteiger partial charge on any atom is -0.492 e. The van der Waals surface area contributed by atoms with E-state index in [0.29, 0.717) is 60.8 Å². The van der Waals surface area contributed by atoms with Crippen LogP contribution >= 0.6 is 11.6 Å². The van der Waals surface area contributed by atoms with E-state index >= 15 is 0 Å². The molecule has 2 bridgehead atoms. The summed E-state index contributed by atoms with van der Waals surface area (Å²) in [5.41, 5.74) is 1.27. The molecule has 2 aromatic carbocycles. The Morgan fingerprint density at radius 2 is 1.84 bits per heavy atom. The topological polar surface area (TPSA) is 146 Å². The third-order valence-electron chi connectivity index (χ3n) is 8.18. The number of carbonyl (C=O) groups is 4. The zero-order valence-corrected chi connectivity index (χ0v) is 25.2. The second-order valence-electron chi connectivity index (χ2n) is 11.2. The van der Waals surface area contributed by atoms with Gasteiger partial charge in [0, 0.05) is 42.0 Å². The Morgan fingerprint density at radius 1 is 1.02 bits per heavy atom. The van der Waals surface area contributed by atoms with Gasteiger partial charge in [-0.2, -0.15) is 0 Å². The number of ether oxygens (including phenoxy) is 1. The Morgan fingerprint density at radius 3 is 2.57 bits per heavy atom. The largest absolute Gasteiger partial charge is 0.492 e. The maximum Gasteiger partial charge on any atom is 0.252 e. The van der Waals surface area contributed by atoms with Crippen LogP contribution in [0.2, 0.25) is 5.02 Å². The van der Waals surface area contributed by atoms with E-state index in [0.717, 1.165) is 12.0 Å². The van der Waals surface area contributed by atoms with Gasteiger partial charge in [0.05, 0.1) is 24.8 Å². The molecule has 1 aliphatic carbocycles. The lowest BCUT2D eigenvalue weighted by Crippen LogP contribution is -2.53. The van der Waals surface area contributed by atoms with Gasteiger partial charge >= 0.3 is 0 Å². The highest BCUT2D eigenvalue weighted by Crippen LogP contribution is 2.45. The second-order valence-corrected chi connectivity index (χ2v) is 11.6. The summed E-state index contributed by atoms with van der Waals surface area (Å²) in [7, 11) is 0. The van der Waals surface area contributed by atoms with Gasteiger partial charge in [-0.05, 0) is 61.6 Å². The summed E-state index contributed by atoms with van der Waals surface area (Å²) < 4.78 is 5.79. The number of nitrogens with one attached hydrogen (secondary N) is 4. The molecule has 0 unspecified atom stereocenters. The molecule has 4 amide bonds. The molecule has 2 heterocycles. The molecule has 12 heteroatoms. The number of carbonyl (C=O) groups excluding carboxylic acids is 4. The zero-order chi connectivity index (χ0) is 30.9. The van der Waals surface area contributed by atoms with E-state index in [4.69, 9.17) is 16.3 Å². The van der Waals surface area contributed by atoms with Crippen molar-refractivity contribution in [2.75, 3.05) is 32.8 Å². The van der Waals surface area contributed by atoms with Crippen molar-refractivity contribution in [3.05, 3.63) is 82.9 Å². The van der Waals surface area contributed by atoms with Crippen LogP contribution in [0, 0.1) is 0 Å². The Balaban J connectivity index is 1.32. The van der Waals surface area contributed by atoms with Gasteiger partial charge in [0.15, 0.2) is 0 Å². The molecule has 232 valence electrons. The van der Waals surface area contributed by atoms with Gasteiger partial charge in [-0.1, -0.05) is 36.2 Å². The number of hydrogen-bond donors (Lipinski definition) is 4. The average molecular weight is 621 g/mol. The van der Waals surface area contributed by atoms with Crippen molar-refractivity contribution in [1.29, 1.82) is 0 Å². The van der Waals surface area contributed by atoms with Crippen molar-refractivity contribution in [2.24, 2.45) is 0 Å². The van der Waals surface area contributed by atoms with E-state index in [-0.39, 0.29) is 43.8 Å². The first-order valence-electron chi connectivity index (χ1n) is 14.9. The molecule has 1 aliphatic heterocycles. The number of aromatic nitrogens is 2. The number of halogens is 1. The quantitative estimate of drug-likeness (QED) is 0.353. The highest BCUT2D eigenvalue weighted by molar-refractivity contribution is 6.30. The Hall–Kier alpha value is -4.38. The number of rotatable bonds is 4. The predicted octanol–water partition coefficient (Wildman–Crippen LogP) is 2.76. The lowest BCUT2D eigenvalue weighted by molar-refractivity contribution is -0.144. The van der Waals surface area contributed by atoms with Crippen LogP contribution in [0.25, 0.3) is 0 Å². The predicted molar refractivity (Wildman–Crippen MR) is 164 cm³/mol. The van der Waals surface area contributed by atoms with Crippen LogP contribution in [-0.4, -0.2) is 77.3 Å². The van der Waals surface area contributed by atoms with Crippen molar-refractivity contribution < 1.29 is 23.9 Å². The summed E-state index contributed by atoms with van der Waals surface area (Å²) in [6.07, 6.45) is 6.85. The van der Waals surface area contributed by atoms with Crippen LogP contribution in [0.1, 0.15) is 53.7 Å². The fourth-order valence-corrected chi connectivity index (χ4v) is 5.75. The van der Waals surface area contributed by atoms with Gasteiger partial charge < -0.3 is 30.6 Å². The molecule has 2 aliphatic rings. The van der Waals surface area contributed by atoms with Crippen LogP contribution < -0.4 is 20.7 Å². The van der Waals surface area contributed by atoms with Gasteiger partial charge in [0.2, 0.25) is 17.7 Å². The number of amides is 4. The number of hydrogen-bond acceptors (Lipinski definition) is 6. The monoisotopic (exact) mass is 620 g/mol. The van der Waals surface area contributed by atoms with E-state index in [1.807, 2.05) is 12.1 Å². The Bertz CT molecular complexity index is 1460. The molecule has 1 fully saturated rings. The average Bonchev–Trinajstić information content (AvgIpc) is 3.51. The van der Waals surface area contributed by atoms with Gasteiger partial charge in [0.25, 0.3) is 5.91 Å². The third kappa shape index (κ3) is 7.57. The van der Waals surface area contributed by atoms with Crippen molar-refractivity contribution in [2.45, 2.75) is 50.0 Å². The number of H-pyrrole nitrogens is 1. The van der Waals surface area contributed by atoms with Crippen molar-refractivity contribution in [3.63, 3.8) is 0 Å². The maximum atomic E-state index is 14.0. The molecule has 44 heavy (non-hydrogen) atoms. The molecule has 0 spiro atoms. The standard InChI is InChI=1S/C32H37ClN6O5/c33-24-9-7-23(8-10-24)32(11-4-12-32)31(43)39-15-2-1-13-36-30(42)27(18-25-19-34-21-37-25)38-29(41)22-5-3-6-26(17-22)44-16-14-35-28(40)20-39/h3,5-10,17,19,21,27H,1-2,4,11-16,18,20H2,(H,34,37)(H,35,40)(H,36,42)(H,38,41)/t27-/m0/s1. The lowest BCUT2D eigenvalue weighted by Gasteiger charge is -2.44. The highest BCUT2D eigenvalue weighted by atomic mass is 35.5. The summed E-state index contributed by atoms with van der Waals surface area (Å²) in [6, 6.07) is 13.2. The van der Waals surface area contributed by atoms with Crippen molar-refractivity contribution >= 4 is 35.2 Å². The minimum atomic E-state index is -0.840. The number of nitrogens with zero attached hydrogens (tertiary/aromatic N) is 2. The Kier molecular flexibility index (Phi) is 10.2. The van der Waals surface area contributed by atoms with Crippen LogP contribution in [0.5, 0.6) is 5.75 Å². The van der Waals surface area contributed by atoms with E-state index in [2.05, 4.69) is 25.9 Å². The van der Waals surface area contributed by atoms with Crippen molar-refractivity contribution in [3.8, 4) is 5.75 Å². The summed E-state index contributed by atoms with van der Waals surface area (Å²) in [5.74, 6) is -0.658. The first-order valence-corrected chi connectivity index (χ1v) is 15.3. The SMILES string of the molecule is O=C1CN(C(=O)C2(c3ccc(Cl)cc3)CCC2)CCCCNC(=O)[C@H](Cc2cnc[nH]2)NC(=O)c2cccc(c2)OCCN1. The maximum absolute atomic E-state index is 14.0. The summed E-state index contributed by atoms with van der Waals surface area (Å²) in [6.45, 7) is 1.01. The second kappa shape index (κ2) is 14.4. The van der Waals surface area contributed by atoms with E-state index in [1.165, 1.54) is 6.33 Å². The Labute approximate surface area is 261 Å². The normalized spacial score (nSPS) is 20.0. The molecule has 1 aromatic heterocycles. The van der Waals surface area contributed by atoms with Gasteiger partial charge in [-0.3, -0.25) is 19.2 Å². The van der Waals surface area contributed by atoms with Gasteiger partial charge in [-0.25, -0.2) is 4.98 Å². The van der Waals surface area contributed by atoms with Crippen LogP contribution in [0.3, 0.4) is 0 Å². The fraction of sp³-hybridized carbons (Fsp3) is 0.406. The molecule has 0 saturated heterocycles. The van der Waals surface area contributed by atoms with Crippen LogP contribution in [0.15, 0.2) is 61.1 Å². The van der Waals surface area contributed by atoms with E-state index in [9.17, 15) is 19.2 Å². The number of benzene rings is 2. The fourth-order valence-electron chi connectivity index (χ4n) is 5.63. The van der Waals surface area contributed by atoms with Crippen LogP contribution in [0.4, 0.5) is 0 Å². The van der Waals surface area contributed by atoms with Crippen LogP contribution in [-0.2, 0) is 26.2 Å². The van der Waals surface area contributed by atoms with Gasteiger partial charge in [-0.15, -0.1) is 0 Å². The van der Waals surface area contributed by atoms with Gasteiger partial charge in [0.1, 0.15) is 18.4 Å². The summed E-state index contributed by atoms with van der Waals surface area (Å²) >= 11 is 6.11. The molecule has 5 rings (SSSR count). The molecular formula is C32H37ClN6O5. The lowest BCUT2D eigenvalue weighted by atomic mass is 9.63. The first kappa shape index (κ1) is 31.1. The molecule has 1 saturated carbocycles.